The molecule has 0 aliphatic heterocycles. The maximum atomic E-state index is 13.5. The lowest BCUT2D eigenvalue weighted by Gasteiger charge is -2.29. The molecule has 0 heterocycles. The average Bonchev–Trinajstić information content (AvgIpc) is 3.00. The van der Waals surface area contributed by atoms with Crippen LogP contribution >= 0.6 is 0 Å². The lowest BCUT2D eigenvalue weighted by molar-refractivity contribution is -0.129. The molecule has 0 radical (unpaired) electrons. The van der Waals surface area contributed by atoms with Crippen LogP contribution in [0.4, 0.5) is 4.39 Å². The number of methoxy groups -OCH3 is 1. The van der Waals surface area contributed by atoms with Gasteiger partial charge in [-0.15, -0.1) is 0 Å². The van der Waals surface area contributed by atoms with Gasteiger partial charge in [0.05, 0.1) is 44.6 Å². The van der Waals surface area contributed by atoms with Crippen molar-refractivity contribution in [2.75, 3.05) is 33.5 Å². The summed E-state index contributed by atoms with van der Waals surface area (Å²) in [4.78, 5) is 16.0. The minimum absolute atomic E-state index is 0.0620. The van der Waals surface area contributed by atoms with Gasteiger partial charge >= 0.3 is 0 Å². The number of amides is 1. The number of hydrogen-bond donors (Lipinski definition) is 3. The Morgan fingerprint density at radius 2 is 1.86 bits per heavy atom. The quantitative estimate of drug-likeness (QED) is 0.0773. The molecule has 10 nitrogen and oxygen atoms in total. The molecule has 2 aromatic rings. The Labute approximate surface area is 254 Å². The summed E-state index contributed by atoms with van der Waals surface area (Å²) in [5.74, 6) is -0.527. The van der Waals surface area contributed by atoms with Crippen LogP contribution in [0.25, 0.3) is 21.6 Å². The molecular formula is C32H47FN4O6. The summed E-state index contributed by atoms with van der Waals surface area (Å²) in [5, 5.41) is 27.4. The van der Waals surface area contributed by atoms with Crippen LogP contribution in [-0.2, 0) is 20.9 Å². The van der Waals surface area contributed by atoms with Crippen molar-refractivity contribution in [3.63, 3.8) is 0 Å². The number of rotatable bonds is 20. The highest BCUT2D eigenvalue weighted by atomic mass is 19.1. The van der Waals surface area contributed by atoms with E-state index in [1.165, 1.54) is 12.1 Å². The SMILES string of the molecule is CC[C@H](C)[C@@H](CO)NC(=O)[C@@H](C[C@H](O)[C@H](COCc1ccc(-c2ccc(F)cc2)c(OCCCOC)c1)N=[N+]=[N-])C(C)C. The van der Waals surface area contributed by atoms with Crippen molar-refractivity contribution in [3.8, 4) is 16.9 Å². The van der Waals surface area contributed by atoms with Crippen LogP contribution in [0.2, 0.25) is 0 Å². The van der Waals surface area contributed by atoms with E-state index in [0.717, 1.165) is 23.1 Å². The fourth-order valence-electron chi connectivity index (χ4n) is 4.66. The molecule has 0 spiro atoms. The van der Waals surface area contributed by atoms with Crippen molar-refractivity contribution in [2.24, 2.45) is 22.9 Å². The summed E-state index contributed by atoms with van der Waals surface area (Å²) in [5.41, 5.74) is 11.5. The fourth-order valence-corrected chi connectivity index (χ4v) is 4.66. The lowest BCUT2D eigenvalue weighted by atomic mass is 9.87. The van der Waals surface area contributed by atoms with Gasteiger partial charge in [-0.3, -0.25) is 4.79 Å². The van der Waals surface area contributed by atoms with Gasteiger partial charge in [0.15, 0.2) is 0 Å². The molecule has 0 saturated heterocycles. The molecule has 0 aliphatic rings. The third-order valence-corrected chi connectivity index (χ3v) is 7.65. The number of aliphatic hydroxyl groups is 2. The Morgan fingerprint density at radius 3 is 2.47 bits per heavy atom. The maximum Gasteiger partial charge on any atom is 0.223 e. The van der Waals surface area contributed by atoms with Crippen LogP contribution in [0.3, 0.4) is 0 Å². The number of nitrogens with zero attached hydrogens (tertiary/aromatic N) is 3. The van der Waals surface area contributed by atoms with Gasteiger partial charge in [0.1, 0.15) is 11.6 Å². The van der Waals surface area contributed by atoms with Crippen molar-refractivity contribution in [1.82, 2.24) is 5.32 Å². The Balaban J connectivity index is 2.10. The van der Waals surface area contributed by atoms with Gasteiger partial charge in [-0.25, -0.2) is 4.39 Å². The third-order valence-electron chi connectivity index (χ3n) is 7.65. The summed E-state index contributed by atoms with van der Waals surface area (Å²) in [7, 11) is 1.63. The Bertz CT molecular complexity index is 1160. The second kappa shape index (κ2) is 19.1. The number of ether oxygens (including phenoxy) is 3. The fraction of sp³-hybridized carbons (Fsp3) is 0.594. The molecular weight excluding hydrogens is 555 g/mol. The minimum atomic E-state index is -1.12. The summed E-state index contributed by atoms with van der Waals surface area (Å²) >= 11 is 0. The molecule has 0 unspecified atom stereocenters. The van der Waals surface area contributed by atoms with Crippen LogP contribution < -0.4 is 10.1 Å². The smallest absolute Gasteiger partial charge is 0.223 e. The zero-order valence-corrected chi connectivity index (χ0v) is 25.9. The van der Waals surface area contributed by atoms with Gasteiger partial charge < -0.3 is 29.7 Å². The number of benzene rings is 2. The first-order valence-electron chi connectivity index (χ1n) is 14.9. The molecule has 2 rings (SSSR count). The number of hydrogen-bond acceptors (Lipinski definition) is 7. The zero-order valence-electron chi connectivity index (χ0n) is 25.9. The Kier molecular flexibility index (Phi) is 16.0. The molecule has 0 bridgehead atoms. The molecule has 238 valence electrons. The number of carbonyl (C=O) groups excluding carboxylic acids is 1. The standard InChI is InChI=1S/C32H47FN4O6/c1-6-22(4)28(18-38)35-32(40)27(21(2)3)17-30(39)29(36-37-34)20-42-19-23-8-13-26(24-9-11-25(33)12-10-24)31(16-23)43-15-7-14-41-5/h8-13,16,21-22,27-30,38-39H,6-7,14-15,17-20H2,1-5H3,(H,35,40)/t22-,27-,28+,29-,30-/m0/s1. The number of carbonyl (C=O) groups is 1. The molecule has 3 N–H and O–H groups in total. The predicted octanol–water partition coefficient (Wildman–Crippen LogP) is 5.65. The van der Waals surface area contributed by atoms with Crippen LogP contribution in [0.1, 0.15) is 52.5 Å². The second-order valence-corrected chi connectivity index (χ2v) is 11.2. The monoisotopic (exact) mass is 602 g/mol. The highest BCUT2D eigenvalue weighted by Gasteiger charge is 2.31. The van der Waals surface area contributed by atoms with Crippen molar-refractivity contribution in [3.05, 3.63) is 64.3 Å². The highest BCUT2D eigenvalue weighted by Crippen LogP contribution is 2.32. The zero-order chi connectivity index (χ0) is 31.8. The van der Waals surface area contributed by atoms with E-state index < -0.39 is 18.1 Å². The van der Waals surface area contributed by atoms with Gasteiger partial charge in [0.25, 0.3) is 0 Å². The summed E-state index contributed by atoms with van der Waals surface area (Å²) in [6.07, 6.45) is 0.444. The molecule has 11 heteroatoms. The van der Waals surface area contributed by atoms with Crippen molar-refractivity contribution in [1.29, 1.82) is 0 Å². The molecule has 0 fully saturated rings. The molecule has 5 atom stereocenters. The van der Waals surface area contributed by atoms with Gasteiger partial charge in [-0.05, 0) is 53.1 Å². The normalized spacial score (nSPS) is 14.8. The molecule has 0 aromatic heterocycles. The summed E-state index contributed by atoms with van der Waals surface area (Å²) in [6.45, 7) is 8.63. The van der Waals surface area contributed by atoms with E-state index in [1.807, 2.05) is 45.9 Å². The highest BCUT2D eigenvalue weighted by molar-refractivity contribution is 5.79. The lowest BCUT2D eigenvalue weighted by Crippen LogP contribution is -2.47. The number of halogens is 1. The molecule has 0 saturated carbocycles. The topological polar surface area (TPSA) is 146 Å². The van der Waals surface area contributed by atoms with Crippen molar-refractivity contribution >= 4 is 5.91 Å². The second-order valence-electron chi connectivity index (χ2n) is 11.2. The van der Waals surface area contributed by atoms with E-state index in [2.05, 4.69) is 15.3 Å². The van der Waals surface area contributed by atoms with Crippen LogP contribution in [0, 0.1) is 23.6 Å². The Hall–Kier alpha value is -3.21. The number of aliphatic hydroxyl groups excluding tert-OH is 2. The Morgan fingerprint density at radius 1 is 1.14 bits per heavy atom. The van der Waals surface area contributed by atoms with Gasteiger partial charge in [-0.1, -0.05) is 63.5 Å². The van der Waals surface area contributed by atoms with Crippen molar-refractivity contribution in [2.45, 2.75) is 71.8 Å². The number of azide groups is 1. The van der Waals surface area contributed by atoms with Crippen LogP contribution in [0.15, 0.2) is 47.6 Å². The van der Waals surface area contributed by atoms with E-state index in [9.17, 15) is 19.4 Å². The summed E-state index contributed by atoms with van der Waals surface area (Å²) < 4.78 is 30.5. The van der Waals surface area contributed by atoms with E-state index in [0.29, 0.717) is 25.4 Å². The van der Waals surface area contributed by atoms with Gasteiger partial charge in [0.2, 0.25) is 5.91 Å². The van der Waals surface area contributed by atoms with Crippen LogP contribution in [-0.4, -0.2) is 67.8 Å². The van der Waals surface area contributed by atoms with Crippen molar-refractivity contribution < 1.29 is 33.6 Å². The largest absolute Gasteiger partial charge is 0.493 e. The first-order valence-corrected chi connectivity index (χ1v) is 14.9. The van der Waals surface area contributed by atoms with E-state index in [-0.39, 0.29) is 55.8 Å². The minimum Gasteiger partial charge on any atom is -0.493 e. The average molecular weight is 603 g/mol. The molecule has 43 heavy (non-hydrogen) atoms. The predicted molar refractivity (Wildman–Crippen MR) is 164 cm³/mol. The number of nitrogens with one attached hydrogen (secondary N) is 1. The van der Waals surface area contributed by atoms with E-state index in [1.54, 1.807) is 19.2 Å². The summed E-state index contributed by atoms with van der Waals surface area (Å²) in [6, 6.07) is 10.5. The molecule has 2 aromatic carbocycles. The van der Waals surface area contributed by atoms with Crippen LogP contribution in [0.5, 0.6) is 5.75 Å². The van der Waals surface area contributed by atoms with E-state index in [4.69, 9.17) is 19.7 Å². The third kappa shape index (κ3) is 11.8. The van der Waals surface area contributed by atoms with Gasteiger partial charge in [0, 0.05) is 36.5 Å². The van der Waals surface area contributed by atoms with E-state index >= 15 is 0 Å². The van der Waals surface area contributed by atoms with Gasteiger partial charge in [-0.2, -0.15) is 0 Å². The maximum absolute atomic E-state index is 13.5. The first-order chi connectivity index (χ1) is 20.6. The first kappa shape index (κ1) is 36.0. The molecule has 1 amide bonds. The molecule has 0 aliphatic carbocycles.